The zero-order chi connectivity index (χ0) is 11.6. The van der Waals surface area contributed by atoms with Gasteiger partial charge < -0.3 is 0 Å². The van der Waals surface area contributed by atoms with E-state index in [4.69, 9.17) is 5.14 Å². The third-order valence-corrected chi connectivity index (χ3v) is 3.68. The molecule has 0 unspecified atom stereocenters. The van der Waals surface area contributed by atoms with Gasteiger partial charge in [0.15, 0.2) is 5.78 Å². The highest BCUT2D eigenvalue weighted by Gasteiger charge is 2.14. The van der Waals surface area contributed by atoms with Gasteiger partial charge in [-0.25, -0.2) is 13.6 Å². The Balaban J connectivity index is 3.36. The first-order valence-corrected chi connectivity index (χ1v) is 7.16. The van der Waals surface area contributed by atoms with Crippen LogP contribution in [0.2, 0.25) is 0 Å². The van der Waals surface area contributed by atoms with E-state index in [0.717, 1.165) is 0 Å². The van der Waals surface area contributed by atoms with Crippen molar-refractivity contribution in [3.8, 4) is 0 Å². The van der Waals surface area contributed by atoms with Crippen molar-refractivity contribution in [1.29, 1.82) is 0 Å². The molecule has 0 saturated carbocycles. The van der Waals surface area contributed by atoms with Gasteiger partial charge in [0.25, 0.3) is 0 Å². The van der Waals surface area contributed by atoms with Crippen LogP contribution >= 0.6 is 22.6 Å². The molecule has 0 fully saturated rings. The van der Waals surface area contributed by atoms with Crippen LogP contribution in [0.5, 0.6) is 0 Å². The smallest absolute Gasteiger partial charge is 0.238 e. The number of alkyl halides is 1. The summed E-state index contributed by atoms with van der Waals surface area (Å²) in [5.41, 5.74) is 0.918. The van der Waals surface area contributed by atoms with Crippen molar-refractivity contribution in [1.82, 2.24) is 0 Å². The van der Waals surface area contributed by atoms with Crippen LogP contribution in [0.25, 0.3) is 0 Å². The van der Waals surface area contributed by atoms with Gasteiger partial charge in [0.05, 0.1) is 9.32 Å². The molecule has 2 N–H and O–H groups in total. The predicted octanol–water partition coefficient (Wildman–Crippen LogP) is 1.26. The van der Waals surface area contributed by atoms with Crippen LogP contribution in [-0.4, -0.2) is 18.6 Å². The van der Waals surface area contributed by atoms with Crippen molar-refractivity contribution in [2.45, 2.75) is 11.8 Å². The zero-order valence-electron chi connectivity index (χ0n) is 8.03. The van der Waals surface area contributed by atoms with Crippen molar-refractivity contribution in [2.75, 3.05) is 4.43 Å². The number of hydrogen-bond acceptors (Lipinski definition) is 3. The Morgan fingerprint density at radius 3 is 2.53 bits per heavy atom. The number of benzene rings is 1. The van der Waals surface area contributed by atoms with E-state index in [-0.39, 0.29) is 10.7 Å². The number of sulfonamides is 1. The molecule has 1 aromatic rings. The third-order valence-electron chi connectivity index (χ3n) is 1.94. The van der Waals surface area contributed by atoms with Crippen LogP contribution in [0.3, 0.4) is 0 Å². The van der Waals surface area contributed by atoms with Crippen LogP contribution < -0.4 is 5.14 Å². The number of carbonyl (C=O) groups is 1. The largest absolute Gasteiger partial charge is 0.293 e. The SMILES string of the molecule is Cc1ccc(C(=O)CI)cc1S(N)(=O)=O. The summed E-state index contributed by atoms with van der Waals surface area (Å²) in [6.45, 7) is 1.64. The Morgan fingerprint density at radius 1 is 1.47 bits per heavy atom. The van der Waals surface area contributed by atoms with Crippen LogP contribution in [-0.2, 0) is 10.0 Å². The minimum absolute atomic E-state index is 0.0122. The van der Waals surface area contributed by atoms with Gasteiger partial charge in [-0.2, -0.15) is 0 Å². The molecule has 4 nitrogen and oxygen atoms in total. The van der Waals surface area contributed by atoms with Gasteiger partial charge >= 0.3 is 0 Å². The molecule has 0 aliphatic heterocycles. The fourth-order valence-corrected chi connectivity index (χ4v) is 2.41. The van der Waals surface area contributed by atoms with E-state index in [2.05, 4.69) is 0 Å². The Bertz CT molecular complexity index is 496. The maximum absolute atomic E-state index is 11.4. The summed E-state index contributed by atoms with van der Waals surface area (Å²) in [5.74, 6) is -0.111. The molecule has 82 valence electrons. The van der Waals surface area contributed by atoms with Gasteiger partial charge in [-0.15, -0.1) is 0 Å². The summed E-state index contributed by atoms with van der Waals surface area (Å²) >= 11 is 1.93. The van der Waals surface area contributed by atoms with E-state index in [1.165, 1.54) is 6.07 Å². The van der Waals surface area contributed by atoms with Gasteiger partial charge in [0.2, 0.25) is 10.0 Å². The number of hydrogen-bond donors (Lipinski definition) is 1. The summed E-state index contributed by atoms with van der Waals surface area (Å²) in [6.07, 6.45) is 0. The quantitative estimate of drug-likeness (QED) is 0.512. The first-order valence-electron chi connectivity index (χ1n) is 4.09. The molecule has 0 bridgehead atoms. The molecular weight excluding hydrogens is 329 g/mol. The summed E-state index contributed by atoms with van der Waals surface area (Å²) < 4.78 is 22.7. The average molecular weight is 339 g/mol. The first-order chi connectivity index (χ1) is 6.86. The lowest BCUT2D eigenvalue weighted by Crippen LogP contribution is -2.14. The van der Waals surface area contributed by atoms with E-state index in [0.29, 0.717) is 15.6 Å². The van der Waals surface area contributed by atoms with Crippen molar-refractivity contribution >= 4 is 38.4 Å². The fraction of sp³-hybridized carbons (Fsp3) is 0.222. The molecule has 0 saturated heterocycles. The topological polar surface area (TPSA) is 77.2 Å². The number of Topliss-reactive ketones (excluding diaryl/α,β-unsaturated/α-hetero) is 1. The molecule has 1 aromatic carbocycles. The number of primary sulfonamides is 1. The van der Waals surface area contributed by atoms with E-state index in [9.17, 15) is 13.2 Å². The number of aryl methyl sites for hydroxylation is 1. The van der Waals surface area contributed by atoms with Crippen molar-refractivity contribution in [2.24, 2.45) is 5.14 Å². The van der Waals surface area contributed by atoms with Crippen LogP contribution in [0.1, 0.15) is 15.9 Å². The van der Waals surface area contributed by atoms with Gasteiger partial charge in [-0.05, 0) is 18.6 Å². The van der Waals surface area contributed by atoms with Gasteiger partial charge in [0, 0.05) is 5.56 Å². The Kier molecular flexibility index (Phi) is 3.85. The molecule has 0 aliphatic carbocycles. The predicted molar refractivity (Wildman–Crippen MR) is 65.8 cm³/mol. The summed E-state index contributed by atoms with van der Waals surface area (Å²) in [4.78, 5) is 11.4. The highest BCUT2D eigenvalue weighted by atomic mass is 127. The molecule has 0 aromatic heterocycles. The second-order valence-electron chi connectivity index (χ2n) is 3.08. The van der Waals surface area contributed by atoms with Crippen molar-refractivity contribution in [3.63, 3.8) is 0 Å². The lowest BCUT2D eigenvalue weighted by molar-refractivity contribution is 0.102. The Morgan fingerprint density at radius 2 is 2.07 bits per heavy atom. The second-order valence-corrected chi connectivity index (χ2v) is 5.37. The van der Waals surface area contributed by atoms with E-state index >= 15 is 0 Å². The van der Waals surface area contributed by atoms with Gasteiger partial charge in [-0.1, -0.05) is 34.7 Å². The third kappa shape index (κ3) is 2.99. The molecule has 0 aliphatic rings. The molecule has 0 radical (unpaired) electrons. The molecular formula is C9H10INO3S. The van der Waals surface area contributed by atoms with Crippen molar-refractivity contribution in [3.05, 3.63) is 29.3 Å². The summed E-state index contributed by atoms with van der Waals surface area (Å²) in [5, 5.41) is 5.03. The van der Waals surface area contributed by atoms with Crippen LogP contribution in [0.4, 0.5) is 0 Å². The summed E-state index contributed by atoms with van der Waals surface area (Å²) in [6, 6.07) is 4.51. The number of carbonyl (C=O) groups excluding carboxylic acids is 1. The number of halogens is 1. The molecule has 0 heterocycles. The van der Waals surface area contributed by atoms with E-state index in [1.807, 2.05) is 22.6 Å². The standard InChI is InChI=1S/C9H10INO3S/c1-6-2-3-7(8(12)5-10)4-9(6)15(11,13)14/h2-4H,5H2,1H3,(H2,11,13,14). The Labute approximate surface area is 102 Å². The van der Waals surface area contributed by atoms with Crippen molar-refractivity contribution < 1.29 is 13.2 Å². The lowest BCUT2D eigenvalue weighted by atomic mass is 10.1. The molecule has 0 atom stereocenters. The number of nitrogens with two attached hydrogens (primary N) is 1. The van der Waals surface area contributed by atoms with Gasteiger partial charge in [0.1, 0.15) is 0 Å². The summed E-state index contributed by atoms with van der Waals surface area (Å²) in [7, 11) is -3.75. The number of ketones is 1. The maximum Gasteiger partial charge on any atom is 0.238 e. The lowest BCUT2D eigenvalue weighted by Gasteiger charge is -2.05. The minimum Gasteiger partial charge on any atom is -0.293 e. The molecule has 0 spiro atoms. The minimum atomic E-state index is -3.75. The highest BCUT2D eigenvalue weighted by Crippen LogP contribution is 2.16. The monoisotopic (exact) mass is 339 g/mol. The first kappa shape index (κ1) is 12.6. The molecule has 6 heteroatoms. The van der Waals surface area contributed by atoms with E-state index in [1.54, 1.807) is 19.1 Å². The van der Waals surface area contributed by atoms with Gasteiger partial charge in [-0.3, -0.25) is 4.79 Å². The molecule has 15 heavy (non-hydrogen) atoms. The average Bonchev–Trinajstić information content (AvgIpc) is 2.15. The molecule has 1 rings (SSSR count). The number of rotatable bonds is 3. The van der Waals surface area contributed by atoms with E-state index < -0.39 is 10.0 Å². The highest BCUT2D eigenvalue weighted by molar-refractivity contribution is 14.1. The maximum atomic E-state index is 11.4. The zero-order valence-corrected chi connectivity index (χ0v) is 11.0. The normalized spacial score (nSPS) is 11.4. The Hall–Kier alpha value is -0.470. The van der Waals surface area contributed by atoms with Crippen LogP contribution in [0, 0.1) is 6.92 Å². The molecule has 0 amide bonds. The second kappa shape index (κ2) is 4.58. The fourth-order valence-electron chi connectivity index (χ4n) is 1.16. The van der Waals surface area contributed by atoms with Crippen LogP contribution in [0.15, 0.2) is 23.1 Å².